The van der Waals surface area contributed by atoms with E-state index in [4.69, 9.17) is 0 Å². The zero-order chi connectivity index (χ0) is 30.9. The normalized spacial score (nSPS) is 11.2. The lowest BCUT2D eigenvalue weighted by Crippen LogP contribution is -2.24. The van der Waals surface area contributed by atoms with E-state index in [1.807, 2.05) is 0 Å². The number of hydrogen-bond acceptors (Lipinski definition) is 2. The van der Waals surface area contributed by atoms with Gasteiger partial charge in [0.25, 0.3) is 0 Å². The van der Waals surface area contributed by atoms with Gasteiger partial charge in [-0.2, -0.15) is 0 Å². The Morgan fingerprint density at radius 2 is 0.578 bits per heavy atom. The Labute approximate surface area is 269 Å². The highest BCUT2D eigenvalue weighted by molar-refractivity contribution is 5.54. The monoisotopic (exact) mass is 586 g/mol. The number of anilines is 2. The maximum Gasteiger partial charge on any atom is 0.0433 e. The van der Waals surface area contributed by atoms with Gasteiger partial charge in [0.2, 0.25) is 0 Å². The van der Waals surface area contributed by atoms with E-state index in [1.54, 1.807) is 0 Å². The minimum Gasteiger partial charge on any atom is -0.363 e. The van der Waals surface area contributed by atoms with Crippen LogP contribution < -0.4 is 9.80 Å². The Hall–Kier alpha value is -5.08. The fourth-order valence-corrected chi connectivity index (χ4v) is 6.04. The van der Waals surface area contributed by atoms with Crippen LogP contribution in [0.5, 0.6) is 0 Å². The van der Waals surface area contributed by atoms with Gasteiger partial charge in [-0.3, -0.25) is 0 Å². The summed E-state index contributed by atoms with van der Waals surface area (Å²) in [6.45, 7) is 8.11. The number of hydrogen-bond donors (Lipinski definition) is 0. The minimum absolute atomic E-state index is 0.134. The first-order valence-corrected chi connectivity index (χ1v) is 15.9. The average molecular weight is 587 g/mol. The van der Waals surface area contributed by atoms with Crippen LogP contribution in [0.2, 0.25) is 0 Å². The zero-order valence-electron chi connectivity index (χ0n) is 26.4. The topological polar surface area (TPSA) is 6.48 Å². The highest BCUT2D eigenvalue weighted by atomic mass is 15.1. The Morgan fingerprint density at radius 3 is 0.822 bits per heavy atom. The van der Waals surface area contributed by atoms with Gasteiger partial charge in [0.05, 0.1) is 0 Å². The zero-order valence-corrected chi connectivity index (χ0v) is 26.4. The second-order valence-corrected chi connectivity index (χ2v) is 12.4. The first kappa shape index (κ1) is 30.0. The van der Waals surface area contributed by atoms with E-state index in [9.17, 15) is 0 Å². The molecule has 6 rings (SSSR count). The lowest BCUT2D eigenvalue weighted by atomic mass is 9.78. The summed E-state index contributed by atoms with van der Waals surface area (Å²) in [7, 11) is 0. The summed E-state index contributed by atoms with van der Waals surface area (Å²) in [6, 6.07) is 61.4. The van der Waals surface area contributed by atoms with E-state index in [0.29, 0.717) is 0 Å². The van der Waals surface area contributed by atoms with Crippen molar-refractivity contribution in [1.82, 2.24) is 0 Å². The summed E-state index contributed by atoms with van der Waals surface area (Å²) < 4.78 is 0. The van der Waals surface area contributed by atoms with E-state index in [1.165, 1.54) is 44.8 Å². The summed E-state index contributed by atoms with van der Waals surface area (Å²) in [6.07, 6.45) is 0. The molecule has 45 heavy (non-hydrogen) atoms. The molecule has 0 aliphatic carbocycles. The second-order valence-electron chi connectivity index (χ2n) is 12.4. The second kappa shape index (κ2) is 14.1. The summed E-state index contributed by atoms with van der Waals surface area (Å²) >= 11 is 0. The van der Waals surface area contributed by atoms with E-state index < -0.39 is 0 Å². The first-order valence-electron chi connectivity index (χ1n) is 15.9. The lowest BCUT2D eigenvalue weighted by molar-refractivity contribution is 0.640. The standard InChI is InChI=1S/C43H42N2/c1-43(2,39-23-27-41(28-24-39)44(31-35-15-7-3-8-16-35)32-36-17-9-4-10-18-36)40-25-29-42(30-26-40)45(33-37-19-11-5-12-20-37)34-38-21-13-6-14-22-38/h3-30H,31-34H2,1-2H3. The third kappa shape index (κ3) is 7.72. The Balaban J connectivity index is 1.22. The van der Waals surface area contributed by atoms with Gasteiger partial charge in [-0.25, -0.2) is 0 Å². The average Bonchev–Trinajstić information content (AvgIpc) is 3.10. The summed E-state index contributed by atoms with van der Waals surface area (Å²) in [5.74, 6) is 0. The molecule has 0 aromatic heterocycles. The van der Waals surface area contributed by atoms with Gasteiger partial charge in [0, 0.05) is 43.0 Å². The number of benzene rings is 6. The van der Waals surface area contributed by atoms with Crippen molar-refractivity contribution >= 4 is 11.4 Å². The van der Waals surface area contributed by atoms with Crippen molar-refractivity contribution in [1.29, 1.82) is 0 Å². The molecule has 0 heterocycles. The molecular formula is C43H42N2. The van der Waals surface area contributed by atoms with Crippen molar-refractivity contribution in [3.63, 3.8) is 0 Å². The smallest absolute Gasteiger partial charge is 0.0433 e. The third-order valence-corrected chi connectivity index (χ3v) is 8.77. The van der Waals surface area contributed by atoms with E-state index in [0.717, 1.165) is 26.2 Å². The van der Waals surface area contributed by atoms with Crippen molar-refractivity contribution in [3.05, 3.63) is 203 Å². The molecule has 2 nitrogen and oxygen atoms in total. The van der Waals surface area contributed by atoms with Crippen LogP contribution in [0.25, 0.3) is 0 Å². The van der Waals surface area contributed by atoms with Crippen LogP contribution in [0.1, 0.15) is 47.2 Å². The molecule has 0 aliphatic rings. The quantitative estimate of drug-likeness (QED) is 0.141. The largest absolute Gasteiger partial charge is 0.363 e. The molecule has 0 bridgehead atoms. The van der Waals surface area contributed by atoms with Crippen LogP contribution in [0.3, 0.4) is 0 Å². The molecule has 0 saturated carbocycles. The van der Waals surface area contributed by atoms with Crippen molar-refractivity contribution in [2.45, 2.75) is 45.4 Å². The van der Waals surface area contributed by atoms with Crippen LogP contribution in [-0.2, 0) is 31.6 Å². The summed E-state index contributed by atoms with van der Waals surface area (Å²) in [4.78, 5) is 4.93. The third-order valence-electron chi connectivity index (χ3n) is 8.77. The first-order chi connectivity index (χ1) is 22.0. The van der Waals surface area contributed by atoms with Gasteiger partial charge < -0.3 is 9.80 Å². The molecule has 0 aliphatic heterocycles. The maximum atomic E-state index is 2.46. The predicted molar refractivity (Wildman–Crippen MR) is 191 cm³/mol. The van der Waals surface area contributed by atoms with Gasteiger partial charge in [0.1, 0.15) is 0 Å². The Kier molecular flexibility index (Phi) is 9.41. The van der Waals surface area contributed by atoms with E-state index in [-0.39, 0.29) is 5.41 Å². The van der Waals surface area contributed by atoms with Gasteiger partial charge in [-0.1, -0.05) is 159 Å². The molecule has 0 saturated heterocycles. The molecule has 224 valence electrons. The van der Waals surface area contributed by atoms with Crippen molar-refractivity contribution in [2.75, 3.05) is 9.80 Å². The molecule has 0 unspecified atom stereocenters. The van der Waals surface area contributed by atoms with Crippen molar-refractivity contribution < 1.29 is 0 Å². The van der Waals surface area contributed by atoms with Gasteiger partial charge >= 0.3 is 0 Å². The minimum atomic E-state index is -0.134. The van der Waals surface area contributed by atoms with Crippen molar-refractivity contribution in [2.24, 2.45) is 0 Å². The lowest BCUT2D eigenvalue weighted by Gasteiger charge is -2.30. The fraction of sp³-hybridized carbons (Fsp3) is 0.163. The molecule has 0 fully saturated rings. The Bertz CT molecular complexity index is 1510. The SMILES string of the molecule is CC(C)(c1ccc(N(Cc2ccccc2)Cc2ccccc2)cc1)c1ccc(N(Cc2ccccc2)Cc2ccccc2)cc1. The van der Waals surface area contributed by atoms with E-state index in [2.05, 4.69) is 194 Å². The van der Waals surface area contributed by atoms with Crippen LogP contribution in [0.4, 0.5) is 11.4 Å². The highest BCUT2D eigenvalue weighted by Crippen LogP contribution is 2.34. The highest BCUT2D eigenvalue weighted by Gasteiger charge is 2.24. The van der Waals surface area contributed by atoms with Crippen LogP contribution in [-0.4, -0.2) is 0 Å². The molecule has 2 heteroatoms. The van der Waals surface area contributed by atoms with Gasteiger partial charge in [-0.05, 0) is 57.6 Å². The predicted octanol–water partition coefficient (Wildman–Crippen LogP) is 10.4. The molecule has 0 radical (unpaired) electrons. The van der Waals surface area contributed by atoms with E-state index >= 15 is 0 Å². The summed E-state index contributed by atoms with van der Waals surface area (Å²) in [5.41, 5.74) is 10.2. The maximum absolute atomic E-state index is 2.46. The van der Waals surface area contributed by atoms with Gasteiger partial charge in [-0.15, -0.1) is 0 Å². The van der Waals surface area contributed by atoms with Crippen LogP contribution >= 0.6 is 0 Å². The number of rotatable bonds is 12. The molecule has 0 spiro atoms. The fourth-order valence-electron chi connectivity index (χ4n) is 6.04. The molecular weight excluding hydrogens is 544 g/mol. The van der Waals surface area contributed by atoms with Crippen LogP contribution in [0.15, 0.2) is 170 Å². The van der Waals surface area contributed by atoms with Crippen LogP contribution in [0, 0.1) is 0 Å². The molecule has 0 amide bonds. The Morgan fingerprint density at radius 1 is 0.333 bits per heavy atom. The molecule has 0 atom stereocenters. The summed E-state index contributed by atoms with van der Waals surface area (Å²) in [5, 5.41) is 0. The molecule has 6 aromatic carbocycles. The molecule has 6 aromatic rings. The van der Waals surface area contributed by atoms with Crippen molar-refractivity contribution in [3.8, 4) is 0 Å². The van der Waals surface area contributed by atoms with Gasteiger partial charge in [0.15, 0.2) is 0 Å². The number of nitrogens with zero attached hydrogens (tertiary/aromatic N) is 2. The molecule has 0 N–H and O–H groups in total.